The van der Waals surface area contributed by atoms with Gasteiger partial charge in [0.15, 0.2) is 0 Å². The number of primary amides is 1. The van der Waals surface area contributed by atoms with Gasteiger partial charge >= 0.3 is 5.97 Å². The van der Waals surface area contributed by atoms with E-state index in [0.29, 0.717) is 11.1 Å². The summed E-state index contributed by atoms with van der Waals surface area (Å²) in [6.07, 6.45) is 3.23. The summed E-state index contributed by atoms with van der Waals surface area (Å²) >= 11 is 3.34. The van der Waals surface area contributed by atoms with Gasteiger partial charge in [0.2, 0.25) is 6.10 Å². The van der Waals surface area contributed by atoms with Gasteiger partial charge in [0, 0.05) is 10.0 Å². The number of amides is 1. The molecule has 0 aromatic heterocycles. The van der Waals surface area contributed by atoms with Gasteiger partial charge in [-0.25, -0.2) is 4.79 Å². The SMILES string of the molecule is NC(=O)C(OC(=O)c1ccc2c(c1)CCCC2)c1cccc(Br)c1. The Kier molecular flexibility index (Phi) is 5.00. The molecule has 1 atom stereocenters. The molecule has 1 amide bonds. The van der Waals surface area contributed by atoms with Crippen LogP contribution in [-0.2, 0) is 22.4 Å². The molecule has 1 aliphatic rings. The summed E-state index contributed by atoms with van der Waals surface area (Å²) in [7, 11) is 0. The van der Waals surface area contributed by atoms with Crippen molar-refractivity contribution >= 4 is 27.8 Å². The maximum atomic E-state index is 12.5. The van der Waals surface area contributed by atoms with Crippen LogP contribution < -0.4 is 5.73 Å². The normalized spacial score (nSPS) is 14.5. The maximum absolute atomic E-state index is 12.5. The number of carbonyl (C=O) groups excluding carboxylic acids is 2. The number of rotatable bonds is 4. The first kappa shape index (κ1) is 16.7. The lowest BCUT2D eigenvalue weighted by Gasteiger charge is -2.18. The van der Waals surface area contributed by atoms with Crippen molar-refractivity contribution in [2.75, 3.05) is 0 Å². The van der Waals surface area contributed by atoms with E-state index in [2.05, 4.69) is 15.9 Å². The van der Waals surface area contributed by atoms with Gasteiger partial charge in [-0.1, -0.05) is 34.1 Å². The highest BCUT2D eigenvalue weighted by Crippen LogP contribution is 2.25. The van der Waals surface area contributed by atoms with E-state index in [1.54, 1.807) is 24.3 Å². The van der Waals surface area contributed by atoms with Crippen molar-refractivity contribution in [2.45, 2.75) is 31.8 Å². The molecule has 1 unspecified atom stereocenters. The number of hydrogen-bond acceptors (Lipinski definition) is 3. The summed E-state index contributed by atoms with van der Waals surface area (Å²) in [6.45, 7) is 0. The molecule has 2 N–H and O–H groups in total. The fourth-order valence-electron chi connectivity index (χ4n) is 3.00. The number of halogens is 1. The number of esters is 1. The number of hydrogen-bond donors (Lipinski definition) is 1. The van der Waals surface area contributed by atoms with Crippen LogP contribution in [0.3, 0.4) is 0 Å². The molecule has 0 radical (unpaired) electrons. The first-order valence-electron chi connectivity index (χ1n) is 7.92. The van der Waals surface area contributed by atoms with E-state index in [9.17, 15) is 9.59 Å². The van der Waals surface area contributed by atoms with Crippen molar-refractivity contribution in [3.63, 3.8) is 0 Å². The average Bonchev–Trinajstić information content (AvgIpc) is 2.58. The minimum absolute atomic E-state index is 0.455. The first-order valence-corrected chi connectivity index (χ1v) is 8.71. The summed E-state index contributed by atoms with van der Waals surface area (Å²) in [5, 5.41) is 0. The van der Waals surface area contributed by atoms with Gasteiger partial charge in [-0.05, 0) is 61.1 Å². The zero-order valence-corrected chi connectivity index (χ0v) is 14.7. The molecular weight excluding hydrogens is 370 g/mol. The topological polar surface area (TPSA) is 69.4 Å². The van der Waals surface area contributed by atoms with Gasteiger partial charge in [0.05, 0.1) is 5.56 Å². The molecular formula is C19H18BrNO3. The van der Waals surface area contributed by atoms with Crippen molar-refractivity contribution in [3.8, 4) is 0 Å². The molecule has 0 bridgehead atoms. The summed E-state index contributed by atoms with van der Waals surface area (Å²) < 4.78 is 6.18. The lowest BCUT2D eigenvalue weighted by atomic mass is 9.90. The van der Waals surface area contributed by atoms with Crippen LogP contribution in [0, 0.1) is 0 Å². The second-order valence-electron chi connectivity index (χ2n) is 5.93. The van der Waals surface area contributed by atoms with E-state index in [1.165, 1.54) is 17.5 Å². The van der Waals surface area contributed by atoms with E-state index in [0.717, 1.165) is 23.7 Å². The second-order valence-corrected chi connectivity index (χ2v) is 6.85. The molecule has 0 fully saturated rings. The summed E-state index contributed by atoms with van der Waals surface area (Å²) in [6, 6.07) is 12.6. The van der Waals surface area contributed by atoms with Crippen molar-refractivity contribution < 1.29 is 14.3 Å². The summed E-state index contributed by atoms with van der Waals surface area (Å²) in [4.78, 5) is 24.2. The molecule has 1 aliphatic carbocycles. The average molecular weight is 388 g/mol. The predicted molar refractivity (Wildman–Crippen MR) is 94.6 cm³/mol. The Bertz CT molecular complexity index is 788. The van der Waals surface area contributed by atoms with Crippen molar-refractivity contribution in [3.05, 3.63) is 69.2 Å². The molecule has 4 nitrogen and oxygen atoms in total. The Morgan fingerprint density at radius 2 is 1.79 bits per heavy atom. The van der Waals surface area contributed by atoms with E-state index >= 15 is 0 Å². The fraction of sp³-hybridized carbons (Fsp3) is 0.263. The molecule has 3 rings (SSSR count). The monoisotopic (exact) mass is 387 g/mol. The van der Waals surface area contributed by atoms with Gasteiger partial charge in [-0.15, -0.1) is 0 Å². The first-order chi connectivity index (χ1) is 11.5. The molecule has 2 aromatic carbocycles. The number of fused-ring (bicyclic) bond motifs is 1. The minimum Gasteiger partial charge on any atom is -0.444 e. The van der Waals surface area contributed by atoms with E-state index < -0.39 is 18.0 Å². The quantitative estimate of drug-likeness (QED) is 0.812. The molecule has 0 aliphatic heterocycles. The largest absolute Gasteiger partial charge is 0.444 e. The molecule has 24 heavy (non-hydrogen) atoms. The summed E-state index contributed by atoms with van der Waals surface area (Å²) in [5.41, 5.74) is 8.90. The lowest BCUT2D eigenvalue weighted by molar-refractivity contribution is -0.127. The molecule has 5 heteroatoms. The summed E-state index contributed by atoms with van der Waals surface area (Å²) in [5.74, 6) is -1.23. The van der Waals surface area contributed by atoms with Gasteiger partial charge < -0.3 is 10.5 Å². The molecule has 0 heterocycles. The Morgan fingerprint density at radius 3 is 2.50 bits per heavy atom. The van der Waals surface area contributed by atoms with Crippen LogP contribution in [-0.4, -0.2) is 11.9 Å². The third-order valence-electron chi connectivity index (χ3n) is 4.22. The highest BCUT2D eigenvalue weighted by atomic mass is 79.9. The van der Waals surface area contributed by atoms with Crippen LogP contribution in [0.5, 0.6) is 0 Å². The Morgan fingerprint density at radius 1 is 1.04 bits per heavy atom. The smallest absolute Gasteiger partial charge is 0.339 e. The van der Waals surface area contributed by atoms with Crippen molar-refractivity contribution in [1.29, 1.82) is 0 Å². The Balaban J connectivity index is 1.82. The van der Waals surface area contributed by atoms with Crippen LogP contribution in [0.2, 0.25) is 0 Å². The van der Waals surface area contributed by atoms with Crippen LogP contribution >= 0.6 is 15.9 Å². The zero-order valence-electron chi connectivity index (χ0n) is 13.1. The zero-order chi connectivity index (χ0) is 17.1. The molecule has 0 saturated carbocycles. The van der Waals surface area contributed by atoms with Gasteiger partial charge in [0.1, 0.15) is 0 Å². The number of nitrogens with two attached hydrogens (primary N) is 1. The number of aryl methyl sites for hydroxylation is 2. The third-order valence-corrected chi connectivity index (χ3v) is 4.71. The van der Waals surface area contributed by atoms with Gasteiger partial charge in [-0.2, -0.15) is 0 Å². The maximum Gasteiger partial charge on any atom is 0.339 e. The lowest BCUT2D eigenvalue weighted by Crippen LogP contribution is -2.26. The molecule has 0 spiro atoms. The predicted octanol–water partition coefficient (Wildman–Crippen LogP) is 3.71. The van der Waals surface area contributed by atoms with Crippen molar-refractivity contribution in [1.82, 2.24) is 0 Å². The third kappa shape index (κ3) is 3.67. The number of carbonyl (C=O) groups is 2. The standard InChI is InChI=1S/C19H18BrNO3/c20-16-7-3-6-14(11-16)17(18(21)22)24-19(23)15-9-8-12-4-1-2-5-13(12)10-15/h3,6-11,17H,1-2,4-5H2,(H2,21,22). The van der Waals surface area contributed by atoms with Gasteiger partial charge in [-0.3, -0.25) is 4.79 Å². The van der Waals surface area contributed by atoms with Crippen molar-refractivity contribution in [2.24, 2.45) is 5.73 Å². The molecule has 0 saturated heterocycles. The molecule has 2 aromatic rings. The van der Waals surface area contributed by atoms with E-state index in [1.807, 2.05) is 18.2 Å². The fourth-order valence-corrected chi connectivity index (χ4v) is 3.41. The molecule has 124 valence electrons. The Labute approximate surface area is 149 Å². The number of benzene rings is 2. The van der Waals surface area contributed by atoms with Crippen LogP contribution in [0.1, 0.15) is 46.0 Å². The Hall–Kier alpha value is -2.14. The highest BCUT2D eigenvalue weighted by molar-refractivity contribution is 9.10. The van der Waals surface area contributed by atoms with E-state index in [4.69, 9.17) is 10.5 Å². The van der Waals surface area contributed by atoms with Crippen LogP contribution in [0.25, 0.3) is 0 Å². The second kappa shape index (κ2) is 7.18. The van der Waals surface area contributed by atoms with E-state index in [-0.39, 0.29) is 0 Å². The highest BCUT2D eigenvalue weighted by Gasteiger charge is 2.24. The van der Waals surface area contributed by atoms with Crippen LogP contribution in [0.15, 0.2) is 46.9 Å². The minimum atomic E-state index is -1.11. The number of ether oxygens (including phenoxy) is 1. The van der Waals surface area contributed by atoms with Gasteiger partial charge in [0.25, 0.3) is 5.91 Å². The van der Waals surface area contributed by atoms with Crippen LogP contribution in [0.4, 0.5) is 0 Å².